The Morgan fingerprint density at radius 1 is 1.42 bits per heavy atom. The van der Waals surface area contributed by atoms with Crippen LogP contribution in [0.1, 0.15) is 22.4 Å². The van der Waals surface area contributed by atoms with Gasteiger partial charge >= 0.3 is 0 Å². The monoisotopic (exact) mass is 272 g/mol. The molecule has 0 atom stereocenters. The van der Waals surface area contributed by atoms with E-state index in [2.05, 4.69) is 16.4 Å². The SMILES string of the molecule is O=C(CCc1cccnc1)N1CCc2sccc2C1. The number of carbonyl (C=O) groups excluding carboxylic acids is 1. The summed E-state index contributed by atoms with van der Waals surface area (Å²) in [4.78, 5) is 19.7. The Bertz CT molecular complexity index is 565. The molecule has 1 amide bonds. The van der Waals surface area contributed by atoms with Gasteiger partial charge in [-0.25, -0.2) is 0 Å². The van der Waals surface area contributed by atoms with Crippen molar-refractivity contribution in [3.8, 4) is 0 Å². The van der Waals surface area contributed by atoms with Gasteiger partial charge in [0.15, 0.2) is 0 Å². The van der Waals surface area contributed by atoms with Crippen molar-refractivity contribution in [2.24, 2.45) is 0 Å². The molecule has 0 spiro atoms. The normalized spacial score (nSPS) is 14.2. The van der Waals surface area contributed by atoms with E-state index in [-0.39, 0.29) is 5.91 Å². The van der Waals surface area contributed by atoms with Crippen LogP contribution in [0.5, 0.6) is 0 Å². The van der Waals surface area contributed by atoms with Crippen LogP contribution in [0, 0.1) is 0 Å². The fourth-order valence-electron chi connectivity index (χ4n) is 2.42. The van der Waals surface area contributed by atoms with Crippen LogP contribution < -0.4 is 0 Å². The second-order valence-corrected chi connectivity index (χ2v) is 5.80. The first-order chi connectivity index (χ1) is 9.33. The van der Waals surface area contributed by atoms with Gasteiger partial charge in [-0.3, -0.25) is 9.78 Å². The number of carbonyl (C=O) groups is 1. The van der Waals surface area contributed by atoms with Crippen molar-refractivity contribution in [1.82, 2.24) is 9.88 Å². The van der Waals surface area contributed by atoms with Crippen molar-refractivity contribution >= 4 is 17.2 Å². The molecule has 2 aromatic heterocycles. The van der Waals surface area contributed by atoms with E-state index < -0.39 is 0 Å². The molecule has 4 heteroatoms. The van der Waals surface area contributed by atoms with Crippen molar-refractivity contribution in [1.29, 1.82) is 0 Å². The first kappa shape index (κ1) is 12.4. The zero-order valence-corrected chi connectivity index (χ0v) is 11.5. The minimum atomic E-state index is 0.251. The van der Waals surface area contributed by atoms with E-state index in [4.69, 9.17) is 0 Å². The third-order valence-corrected chi connectivity index (χ3v) is 4.53. The number of thiophene rings is 1. The lowest BCUT2D eigenvalue weighted by Crippen LogP contribution is -2.35. The highest BCUT2D eigenvalue weighted by molar-refractivity contribution is 7.10. The number of nitrogens with zero attached hydrogens (tertiary/aromatic N) is 2. The van der Waals surface area contributed by atoms with Crippen molar-refractivity contribution in [2.75, 3.05) is 6.54 Å². The number of aryl methyl sites for hydroxylation is 1. The molecule has 98 valence electrons. The number of rotatable bonds is 3. The van der Waals surface area contributed by atoms with Crippen LogP contribution in [-0.2, 0) is 24.2 Å². The van der Waals surface area contributed by atoms with Gasteiger partial charge in [-0.2, -0.15) is 0 Å². The summed E-state index contributed by atoms with van der Waals surface area (Å²) in [5.74, 6) is 0.251. The van der Waals surface area contributed by atoms with Crippen molar-refractivity contribution in [3.05, 3.63) is 52.0 Å². The van der Waals surface area contributed by atoms with Gasteiger partial charge in [0.2, 0.25) is 5.91 Å². The fraction of sp³-hybridized carbons (Fsp3) is 0.333. The van der Waals surface area contributed by atoms with E-state index >= 15 is 0 Å². The van der Waals surface area contributed by atoms with E-state index in [0.717, 1.165) is 31.5 Å². The number of aromatic nitrogens is 1. The predicted molar refractivity (Wildman–Crippen MR) is 76.0 cm³/mol. The molecule has 0 saturated carbocycles. The van der Waals surface area contributed by atoms with Gasteiger partial charge in [0.05, 0.1) is 0 Å². The highest BCUT2D eigenvalue weighted by atomic mass is 32.1. The Balaban J connectivity index is 1.57. The summed E-state index contributed by atoms with van der Waals surface area (Å²) in [5, 5.41) is 2.12. The van der Waals surface area contributed by atoms with Crippen molar-refractivity contribution in [2.45, 2.75) is 25.8 Å². The van der Waals surface area contributed by atoms with Crippen molar-refractivity contribution < 1.29 is 4.79 Å². The second-order valence-electron chi connectivity index (χ2n) is 4.80. The lowest BCUT2D eigenvalue weighted by Gasteiger charge is -2.27. The Morgan fingerprint density at radius 2 is 2.37 bits per heavy atom. The van der Waals surface area contributed by atoms with E-state index in [1.807, 2.05) is 23.2 Å². The molecule has 0 N–H and O–H groups in total. The van der Waals surface area contributed by atoms with Gasteiger partial charge < -0.3 is 4.90 Å². The third kappa shape index (κ3) is 2.84. The summed E-state index contributed by atoms with van der Waals surface area (Å²) < 4.78 is 0. The summed E-state index contributed by atoms with van der Waals surface area (Å²) in [5.41, 5.74) is 2.45. The quantitative estimate of drug-likeness (QED) is 0.860. The zero-order chi connectivity index (χ0) is 13.1. The molecule has 3 nitrogen and oxygen atoms in total. The second kappa shape index (κ2) is 5.53. The molecule has 2 aromatic rings. The van der Waals surface area contributed by atoms with Crippen LogP contribution in [-0.4, -0.2) is 22.3 Å². The van der Waals surface area contributed by atoms with Gasteiger partial charge in [-0.05, 0) is 41.5 Å². The predicted octanol–water partition coefficient (Wildman–Crippen LogP) is 2.66. The summed E-state index contributed by atoms with van der Waals surface area (Å²) in [6, 6.07) is 6.08. The van der Waals surface area contributed by atoms with E-state index in [1.165, 1.54) is 10.4 Å². The minimum Gasteiger partial charge on any atom is -0.338 e. The highest BCUT2D eigenvalue weighted by Crippen LogP contribution is 2.24. The molecule has 1 aliphatic rings. The van der Waals surface area contributed by atoms with Gasteiger partial charge in [0, 0.05) is 36.8 Å². The topological polar surface area (TPSA) is 33.2 Å². The first-order valence-electron chi connectivity index (χ1n) is 6.55. The molecule has 0 saturated heterocycles. The van der Waals surface area contributed by atoms with Gasteiger partial charge in [-0.1, -0.05) is 6.07 Å². The summed E-state index contributed by atoms with van der Waals surface area (Å²) in [6.07, 6.45) is 5.95. The summed E-state index contributed by atoms with van der Waals surface area (Å²) in [6.45, 7) is 1.64. The van der Waals surface area contributed by atoms with Crippen LogP contribution in [0.25, 0.3) is 0 Å². The van der Waals surface area contributed by atoms with Crippen LogP contribution in [0.15, 0.2) is 36.0 Å². The molecule has 0 radical (unpaired) electrons. The van der Waals surface area contributed by atoms with Crippen LogP contribution >= 0.6 is 11.3 Å². The molecule has 0 aliphatic carbocycles. The molecule has 3 rings (SSSR count). The first-order valence-corrected chi connectivity index (χ1v) is 7.43. The van der Waals surface area contributed by atoms with E-state index in [1.54, 1.807) is 17.5 Å². The average Bonchev–Trinajstić information content (AvgIpc) is 2.93. The largest absolute Gasteiger partial charge is 0.338 e. The number of pyridine rings is 1. The molecule has 0 bridgehead atoms. The molecule has 3 heterocycles. The van der Waals surface area contributed by atoms with Gasteiger partial charge in [0.25, 0.3) is 0 Å². The van der Waals surface area contributed by atoms with Crippen LogP contribution in [0.2, 0.25) is 0 Å². The number of fused-ring (bicyclic) bond motifs is 1. The Labute approximate surface area is 116 Å². The van der Waals surface area contributed by atoms with Gasteiger partial charge in [-0.15, -0.1) is 11.3 Å². The Hall–Kier alpha value is -1.68. The third-order valence-electron chi connectivity index (χ3n) is 3.51. The van der Waals surface area contributed by atoms with Crippen LogP contribution in [0.3, 0.4) is 0 Å². The molecule has 0 unspecified atom stereocenters. The molecule has 19 heavy (non-hydrogen) atoms. The average molecular weight is 272 g/mol. The summed E-state index contributed by atoms with van der Waals surface area (Å²) >= 11 is 1.80. The minimum absolute atomic E-state index is 0.251. The highest BCUT2D eigenvalue weighted by Gasteiger charge is 2.20. The number of hydrogen-bond donors (Lipinski definition) is 0. The molecule has 1 aliphatic heterocycles. The van der Waals surface area contributed by atoms with E-state index in [9.17, 15) is 4.79 Å². The van der Waals surface area contributed by atoms with E-state index in [0.29, 0.717) is 6.42 Å². The van der Waals surface area contributed by atoms with Crippen molar-refractivity contribution in [3.63, 3.8) is 0 Å². The molecule has 0 fully saturated rings. The smallest absolute Gasteiger partial charge is 0.223 e. The fourth-order valence-corrected chi connectivity index (χ4v) is 3.31. The molecule has 0 aromatic carbocycles. The Morgan fingerprint density at radius 3 is 3.21 bits per heavy atom. The lowest BCUT2D eigenvalue weighted by molar-refractivity contribution is -0.132. The molecular weight excluding hydrogens is 256 g/mol. The maximum Gasteiger partial charge on any atom is 0.223 e. The van der Waals surface area contributed by atoms with Gasteiger partial charge in [0.1, 0.15) is 0 Å². The summed E-state index contributed by atoms with van der Waals surface area (Å²) in [7, 11) is 0. The number of amides is 1. The maximum absolute atomic E-state index is 12.2. The number of hydrogen-bond acceptors (Lipinski definition) is 3. The molecular formula is C15H16N2OS. The Kier molecular flexibility index (Phi) is 3.60. The lowest BCUT2D eigenvalue weighted by atomic mass is 10.1. The van der Waals surface area contributed by atoms with Crippen LogP contribution in [0.4, 0.5) is 0 Å². The maximum atomic E-state index is 12.2. The zero-order valence-electron chi connectivity index (χ0n) is 10.7. The standard InChI is InChI=1S/C15H16N2OS/c18-15(4-3-12-2-1-7-16-10-12)17-8-5-14-13(11-17)6-9-19-14/h1-2,6-7,9-10H,3-5,8,11H2.